The first-order valence-electron chi connectivity index (χ1n) is 8.87. The molecule has 1 fully saturated rings. The number of likely N-dealkylation sites (N-methyl/N-ethyl adjacent to an activating group) is 1. The molecule has 1 amide bonds. The lowest BCUT2D eigenvalue weighted by molar-refractivity contribution is -0.135. The van der Waals surface area contributed by atoms with Gasteiger partial charge in [0, 0.05) is 55.9 Å². The molecule has 2 aromatic heterocycles. The van der Waals surface area contributed by atoms with Crippen molar-refractivity contribution in [3.05, 3.63) is 41.3 Å². The van der Waals surface area contributed by atoms with Crippen LogP contribution in [0, 0.1) is 0 Å². The summed E-state index contributed by atoms with van der Waals surface area (Å²) in [5, 5.41) is 0.423. The highest BCUT2D eigenvalue weighted by atomic mass is 35.5. The average molecular weight is 387 g/mol. The third kappa shape index (κ3) is 5.02. The summed E-state index contributed by atoms with van der Waals surface area (Å²) in [6, 6.07) is 5.43. The number of rotatable bonds is 6. The van der Waals surface area contributed by atoms with Gasteiger partial charge in [0.2, 0.25) is 5.91 Å². The SMILES string of the molecule is CN1CCN(CCCN=CC(=CN)c2cnc3ccc(Cl)nc3c2)C(=O)C1. The molecule has 0 saturated carbocycles. The predicted molar refractivity (Wildman–Crippen MR) is 109 cm³/mol. The molecule has 1 aliphatic rings. The Morgan fingerprint density at radius 2 is 2.22 bits per heavy atom. The largest absolute Gasteiger partial charge is 0.404 e. The Balaban J connectivity index is 1.56. The van der Waals surface area contributed by atoms with Crippen molar-refractivity contribution in [1.82, 2.24) is 19.8 Å². The number of hydrogen-bond donors (Lipinski definition) is 1. The van der Waals surface area contributed by atoms with Crippen LogP contribution < -0.4 is 5.73 Å². The Morgan fingerprint density at radius 1 is 1.37 bits per heavy atom. The molecular formula is C19H23ClN6O. The van der Waals surface area contributed by atoms with Crippen LogP contribution in [-0.4, -0.2) is 71.7 Å². The molecule has 0 unspecified atom stereocenters. The molecule has 7 nitrogen and oxygen atoms in total. The lowest BCUT2D eigenvalue weighted by atomic mass is 10.1. The van der Waals surface area contributed by atoms with Gasteiger partial charge in [-0.3, -0.25) is 19.7 Å². The summed E-state index contributed by atoms with van der Waals surface area (Å²) in [5.74, 6) is 0.184. The highest BCUT2D eigenvalue weighted by molar-refractivity contribution is 6.29. The number of fused-ring (bicyclic) bond motifs is 1. The number of piperazine rings is 1. The normalized spacial score (nSPS) is 16.6. The van der Waals surface area contributed by atoms with Crippen molar-refractivity contribution < 1.29 is 4.79 Å². The van der Waals surface area contributed by atoms with Crippen LogP contribution in [0.2, 0.25) is 5.15 Å². The zero-order valence-corrected chi connectivity index (χ0v) is 16.1. The van der Waals surface area contributed by atoms with E-state index in [0.717, 1.165) is 42.7 Å². The van der Waals surface area contributed by atoms with Gasteiger partial charge < -0.3 is 10.6 Å². The molecule has 0 bridgehead atoms. The molecule has 0 spiro atoms. The Labute approximate surface area is 163 Å². The smallest absolute Gasteiger partial charge is 0.236 e. The summed E-state index contributed by atoms with van der Waals surface area (Å²) in [6.07, 6.45) is 5.79. The van der Waals surface area contributed by atoms with Crippen LogP contribution in [-0.2, 0) is 4.79 Å². The van der Waals surface area contributed by atoms with E-state index in [-0.39, 0.29) is 5.91 Å². The van der Waals surface area contributed by atoms with Crippen LogP contribution in [0.4, 0.5) is 0 Å². The van der Waals surface area contributed by atoms with Gasteiger partial charge in [0.05, 0.1) is 17.6 Å². The number of hydrogen-bond acceptors (Lipinski definition) is 6. The molecule has 3 heterocycles. The van der Waals surface area contributed by atoms with Crippen LogP contribution in [0.3, 0.4) is 0 Å². The van der Waals surface area contributed by atoms with Crippen molar-refractivity contribution in [3.8, 4) is 0 Å². The van der Waals surface area contributed by atoms with Gasteiger partial charge in [-0.1, -0.05) is 11.6 Å². The molecule has 1 saturated heterocycles. The van der Waals surface area contributed by atoms with Crippen molar-refractivity contribution in [2.45, 2.75) is 6.42 Å². The molecular weight excluding hydrogens is 364 g/mol. The van der Waals surface area contributed by atoms with Crippen molar-refractivity contribution >= 4 is 40.3 Å². The lowest BCUT2D eigenvalue weighted by Gasteiger charge is -2.31. The fourth-order valence-corrected chi connectivity index (χ4v) is 3.09. The molecule has 0 aromatic carbocycles. The van der Waals surface area contributed by atoms with Crippen LogP contribution in [0.15, 0.2) is 35.6 Å². The van der Waals surface area contributed by atoms with Crippen molar-refractivity contribution in [2.24, 2.45) is 10.7 Å². The molecule has 2 N–H and O–H groups in total. The second kappa shape index (κ2) is 8.92. The minimum Gasteiger partial charge on any atom is -0.404 e. The Morgan fingerprint density at radius 3 is 3.00 bits per heavy atom. The topological polar surface area (TPSA) is 87.7 Å². The van der Waals surface area contributed by atoms with Gasteiger partial charge in [-0.15, -0.1) is 0 Å². The number of halogens is 1. The number of amides is 1. The summed E-state index contributed by atoms with van der Waals surface area (Å²) >= 11 is 5.95. The van der Waals surface area contributed by atoms with Crippen molar-refractivity contribution in [2.75, 3.05) is 39.8 Å². The van der Waals surface area contributed by atoms with E-state index in [0.29, 0.717) is 23.8 Å². The molecule has 27 heavy (non-hydrogen) atoms. The number of aliphatic imine (C=N–C) groups is 1. The van der Waals surface area contributed by atoms with Gasteiger partial charge in [-0.25, -0.2) is 4.98 Å². The fraction of sp³-hybridized carbons (Fsp3) is 0.368. The quantitative estimate of drug-likeness (QED) is 0.464. The van der Waals surface area contributed by atoms with Crippen molar-refractivity contribution in [1.29, 1.82) is 0 Å². The molecule has 2 aromatic rings. The number of aromatic nitrogens is 2. The summed E-state index contributed by atoms with van der Waals surface area (Å²) in [7, 11) is 1.96. The van der Waals surface area contributed by atoms with E-state index in [4.69, 9.17) is 17.3 Å². The second-order valence-corrected chi connectivity index (χ2v) is 6.91. The molecule has 142 valence electrons. The Kier molecular flexibility index (Phi) is 6.36. The predicted octanol–water partition coefficient (Wildman–Crippen LogP) is 1.82. The standard InChI is InChI=1S/C19H23ClN6O/c1-25-7-8-26(19(27)13-25)6-2-5-22-11-15(10-21)14-9-17-16(23-12-14)3-4-18(20)24-17/h3-4,9-12H,2,5-8,13,21H2,1H3. The molecule has 8 heteroatoms. The maximum absolute atomic E-state index is 11.9. The van der Waals surface area contributed by atoms with Gasteiger partial charge in [0.15, 0.2) is 0 Å². The van der Waals surface area contributed by atoms with Gasteiger partial charge in [-0.2, -0.15) is 0 Å². The number of nitrogens with two attached hydrogens (primary N) is 1. The van der Waals surface area contributed by atoms with E-state index in [9.17, 15) is 4.79 Å². The highest BCUT2D eigenvalue weighted by Crippen LogP contribution is 2.18. The maximum atomic E-state index is 11.9. The van der Waals surface area contributed by atoms with E-state index in [1.165, 1.54) is 6.20 Å². The molecule has 0 aliphatic carbocycles. The van der Waals surface area contributed by atoms with Crippen LogP contribution in [0.1, 0.15) is 12.0 Å². The zero-order chi connectivity index (χ0) is 19.2. The summed E-state index contributed by atoms with van der Waals surface area (Å²) in [6.45, 7) is 3.55. The minimum atomic E-state index is 0.184. The third-order valence-electron chi connectivity index (χ3n) is 4.47. The first kappa shape index (κ1) is 19.3. The average Bonchev–Trinajstić information content (AvgIpc) is 2.65. The Bertz CT molecular complexity index is 882. The monoisotopic (exact) mass is 386 g/mol. The molecule has 0 radical (unpaired) electrons. The number of carbonyl (C=O) groups is 1. The van der Waals surface area contributed by atoms with Gasteiger partial charge >= 0.3 is 0 Å². The van der Waals surface area contributed by atoms with E-state index < -0.39 is 0 Å². The van der Waals surface area contributed by atoms with Crippen LogP contribution >= 0.6 is 11.6 Å². The Hall–Kier alpha value is -2.51. The summed E-state index contributed by atoms with van der Waals surface area (Å²) < 4.78 is 0. The molecule has 1 aliphatic heterocycles. The first-order chi connectivity index (χ1) is 13.1. The number of carbonyl (C=O) groups excluding carboxylic acids is 1. The maximum Gasteiger partial charge on any atom is 0.236 e. The minimum absolute atomic E-state index is 0.184. The molecule has 3 rings (SSSR count). The van der Waals surface area contributed by atoms with Crippen LogP contribution in [0.25, 0.3) is 16.6 Å². The number of pyridine rings is 2. The number of nitrogens with zero attached hydrogens (tertiary/aromatic N) is 5. The van der Waals surface area contributed by atoms with E-state index in [1.807, 2.05) is 29.0 Å². The van der Waals surface area contributed by atoms with Gasteiger partial charge in [0.1, 0.15) is 5.15 Å². The highest BCUT2D eigenvalue weighted by Gasteiger charge is 2.20. The van der Waals surface area contributed by atoms with Crippen LogP contribution in [0.5, 0.6) is 0 Å². The van der Waals surface area contributed by atoms with Gasteiger partial charge in [-0.05, 0) is 31.7 Å². The van der Waals surface area contributed by atoms with E-state index in [2.05, 4.69) is 15.0 Å². The summed E-state index contributed by atoms with van der Waals surface area (Å²) in [4.78, 5) is 29.0. The zero-order valence-electron chi connectivity index (χ0n) is 15.3. The summed E-state index contributed by atoms with van der Waals surface area (Å²) in [5.41, 5.74) is 8.83. The molecule has 0 atom stereocenters. The van der Waals surface area contributed by atoms with Crippen molar-refractivity contribution in [3.63, 3.8) is 0 Å². The second-order valence-electron chi connectivity index (χ2n) is 6.53. The van der Waals surface area contributed by atoms with E-state index in [1.54, 1.807) is 18.5 Å². The number of allylic oxidation sites excluding steroid dienone is 1. The fourth-order valence-electron chi connectivity index (χ4n) is 2.93. The van der Waals surface area contributed by atoms with Gasteiger partial charge in [0.25, 0.3) is 0 Å². The third-order valence-corrected chi connectivity index (χ3v) is 4.68. The van der Waals surface area contributed by atoms with E-state index >= 15 is 0 Å². The first-order valence-corrected chi connectivity index (χ1v) is 9.25. The lowest BCUT2D eigenvalue weighted by Crippen LogP contribution is -2.49.